The molecular formula is C8H18ClMgOP. The maximum Gasteiger partial charge on any atom is 2.00 e. The average molecular weight is 221 g/mol. The molecule has 0 bridgehead atoms. The minimum Gasteiger partial charge on any atom is -1.00 e. The average Bonchev–Trinajstić information content (AvgIpc) is 1.97. The smallest absolute Gasteiger partial charge is 1.00 e. The summed E-state index contributed by atoms with van der Waals surface area (Å²) in [4.78, 5) is 11.1. The predicted octanol–water partition coefficient (Wildman–Crippen LogP) is -1.03. The van der Waals surface area contributed by atoms with E-state index in [1.807, 2.05) is 0 Å². The van der Waals surface area contributed by atoms with Crippen LogP contribution in [0.3, 0.4) is 0 Å². The van der Waals surface area contributed by atoms with Gasteiger partial charge in [-0.2, -0.15) is 0 Å². The van der Waals surface area contributed by atoms with Crippen molar-refractivity contribution >= 4 is 31.2 Å². The molecule has 0 aromatic carbocycles. The number of hydrogen-bond acceptors (Lipinski definition) is 1. The van der Waals surface area contributed by atoms with Crippen molar-refractivity contribution in [3.8, 4) is 0 Å². The summed E-state index contributed by atoms with van der Waals surface area (Å²) >= 11 is 0. The van der Waals surface area contributed by atoms with Gasteiger partial charge in [-0.05, 0) is 12.3 Å². The predicted molar refractivity (Wildman–Crippen MR) is 52.2 cm³/mol. The fourth-order valence-corrected chi connectivity index (χ4v) is 2.34. The Morgan fingerprint density at radius 3 is 1.58 bits per heavy atom. The van der Waals surface area contributed by atoms with Crippen molar-refractivity contribution in [1.82, 2.24) is 0 Å². The van der Waals surface area contributed by atoms with Crippen molar-refractivity contribution in [2.24, 2.45) is 0 Å². The Morgan fingerprint density at radius 2 is 1.33 bits per heavy atom. The molecule has 4 heteroatoms. The van der Waals surface area contributed by atoms with E-state index in [0.29, 0.717) is 0 Å². The quantitative estimate of drug-likeness (QED) is 0.415. The molecule has 0 N–H and O–H groups in total. The van der Waals surface area contributed by atoms with E-state index in [2.05, 4.69) is 13.8 Å². The van der Waals surface area contributed by atoms with E-state index in [1.165, 1.54) is 12.8 Å². The molecule has 0 spiro atoms. The Balaban J connectivity index is -0.000000405. The molecule has 0 fully saturated rings. The molecule has 0 radical (unpaired) electrons. The van der Waals surface area contributed by atoms with Crippen LogP contribution in [0, 0.1) is 0 Å². The molecule has 0 aliphatic heterocycles. The topological polar surface area (TPSA) is 23.1 Å². The van der Waals surface area contributed by atoms with Gasteiger partial charge in [0.25, 0.3) is 0 Å². The first kappa shape index (κ1) is 19.1. The molecule has 0 amide bonds. The fraction of sp³-hybridized carbons (Fsp3) is 1.00. The minimum absolute atomic E-state index is 0. The van der Waals surface area contributed by atoms with Crippen LogP contribution in [-0.4, -0.2) is 35.4 Å². The van der Waals surface area contributed by atoms with Gasteiger partial charge in [0.05, 0.1) is 0 Å². The van der Waals surface area contributed by atoms with Crippen LogP contribution < -0.4 is 17.3 Å². The number of hydrogen-bond donors (Lipinski definition) is 0. The minimum atomic E-state index is -0.842. The first-order valence-corrected chi connectivity index (χ1v) is 5.86. The van der Waals surface area contributed by atoms with Crippen LogP contribution in [0.2, 0.25) is 0 Å². The number of halogens is 1. The second-order valence-electron chi connectivity index (χ2n) is 2.64. The standard InChI is InChI=1S/C8H18OP.ClH.Mg/c1-3-5-7-10(9)8-6-4-2;;/h3-8H2,1-2H3;1H;/q-1;;+2/p-1. The van der Waals surface area contributed by atoms with Crippen LogP contribution in [0.5, 0.6) is 0 Å². The van der Waals surface area contributed by atoms with E-state index in [1.54, 1.807) is 0 Å². The molecular weight excluding hydrogens is 203 g/mol. The Kier molecular flexibility index (Phi) is 23.8. The Morgan fingerprint density at radius 1 is 1.00 bits per heavy atom. The van der Waals surface area contributed by atoms with E-state index in [-0.39, 0.29) is 35.5 Å². The van der Waals surface area contributed by atoms with Crippen LogP contribution in [0.4, 0.5) is 0 Å². The number of unbranched alkanes of at least 4 members (excludes halogenated alkanes) is 2. The largest absolute Gasteiger partial charge is 2.00 e. The van der Waals surface area contributed by atoms with Crippen molar-refractivity contribution in [3.05, 3.63) is 0 Å². The van der Waals surface area contributed by atoms with E-state index < -0.39 is 8.15 Å². The second kappa shape index (κ2) is 14.9. The molecule has 0 aromatic heterocycles. The van der Waals surface area contributed by atoms with E-state index in [0.717, 1.165) is 25.2 Å². The molecule has 0 aliphatic carbocycles. The maximum absolute atomic E-state index is 11.1. The number of rotatable bonds is 6. The second-order valence-corrected chi connectivity index (χ2v) is 4.49. The summed E-state index contributed by atoms with van der Waals surface area (Å²) in [5.74, 6) is 0. The van der Waals surface area contributed by atoms with Gasteiger partial charge in [-0.25, -0.2) is 8.15 Å². The van der Waals surface area contributed by atoms with Crippen molar-refractivity contribution in [2.45, 2.75) is 39.5 Å². The molecule has 12 heavy (non-hydrogen) atoms. The third kappa shape index (κ3) is 14.0. The van der Waals surface area contributed by atoms with Gasteiger partial charge in [0.15, 0.2) is 0 Å². The molecule has 0 rings (SSSR count). The van der Waals surface area contributed by atoms with E-state index in [9.17, 15) is 4.89 Å². The molecule has 0 aromatic rings. The van der Waals surface area contributed by atoms with Crippen LogP contribution in [-0.2, 0) is 0 Å². The molecule has 0 saturated heterocycles. The van der Waals surface area contributed by atoms with Gasteiger partial charge in [-0.1, -0.05) is 39.5 Å². The third-order valence-corrected chi connectivity index (χ3v) is 3.15. The first-order valence-electron chi connectivity index (χ1n) is 4.23. The molecule has 0 heterocycles. The first-order chi connectivity index (χ1) is 4.81. The third-order valence-electron chi connectivity index (χ3n) is 1.52. The van der Waals surface area contributed by atoms with E-state index >= 15 is 0 Å². The summed E-state index contributed by atoms with van der Waals surface area (Å²) in [6, 6.07) is 0. The molecule has 0 unspecified atom stereocenters. The molecule has 0 saturated carbocycles. The zero-order valence-electron chi connectivity index (χ0n) is 8.18. The molecule has 0 aliphatic rings. The van der Waals surface area contributed by atoms with Crippen molar-refractivity contribution in [2.75, 3.05) is 12.3 Å². The van der Waals surface area contributed by atoms with Gasteiger partial charge in [0, 0.05) is 0 Å². The zero-order valence-corrected chi connectivity index (χ0v) is 11.2. The zero-order chi connectivity index (χ0) is 7.82. The monoisotopic (exact) mass is 220 g/mol. The van der Waals surface area contributed by atoms with Crippen LogP contribution in [0.1, 0.15) is 39.5 Å². The Hall–Kier alpha value is 1.45. The van der Waals surface area contributed by atoms with Crippen molar-refractivity contribution < 1.29 is 17.3 Å². The summed E-state index contributed by atoms with van der Waals surface area (Å²) in [5, 5.41) is 0. The maximum atomic E-state index is 11.1. The van der Waals surface area contributed by atoms with Crippen LogP contribution in [0.25, 0.3) is 0 Å². The van der Waals surface area contributed by atoms with Crippen LogP contribution >= 0.6 is 8.15 Å². The van der Waals surface area contributed by atoms with Crippen molar-refractivity contribution in [3.63, 3.8) is 0 Å². The normalized spacial score (nSPS) is 9.00. The Labute approximate surface area is 100 Å². The van der Waals surface area contributed by atoms with Gasteiger partial charge >= 0.3 is 23.1 Å². The summed E-state index contributed by atoms with van der Waals surface area (Å²) in [6.07, 6.45) is 6.52. The van der Waals surface area contributed by atoms with Crippen molar-refractivity contribution in [1.29, 1.82) is 0 Å². The van der Waals surface area contributed by atoms with Gasteiger partial charge in [-0.3, -0.25) is 0 Å². The van der Waals surface area contributed by atoms with Crippen LogP contribution in [0.15, 0.2) is 0 Å². The van der Waals surface area contributed by atoms with Gasteiger partial charge in [0.1, 0.15) is 0 Å². The molecule has 1 nitrogen and oxygen atoms in total. The Bertz CT molecular complexity index is 68.1. The summed E-state index contributed by atoms with van der Waals surface area (Å²) in [7, 11) is -0.842. The SMILES string of the molecule is CCCCP([O-])CCCC.[Cl-].[Mg+2]. The summed E-state index contributed by atoms with van der Waals surface area (Å²) in [5.41, 5.74) is 0. The van der Waals surface area contributed by atoms with Gasteiger partial charge in [0.2, 0.25) is 0 Å². The molecule has 0 atom stereocenters. The van der Waals surface area contributed by atoms with E-state index in [4.69, 9.17) is 0 Å². The summed E-state index contributed by atoms with van der Waals surface area (Å²) < 4.78 is 0. The summed E-state index contributed by atoms with van der Waals surface area (Å²) in [6.45, 7) is 4.28. The van der Waals surface area contributed by atoms with Gasteiger partial charge in [-0.15, -0.1) is 0 Å². The molecule has 70 valence electrons. The fourth-order valence-electron chi connectivity index (χ4n) is 0.781. The van der Waals surface area contributed by atoms with Gasteiger partial charge < -0.3 is 17.3 Å².